The number of nitrogens with two attached hydrogens (primary N) is 1. The van der Waals surface area contributed by atoms with Gasteiger partial charge in [0.15, 0.2) is 0 Å². The van der Waals surface area contributed by atoms with Crippen LogP contribution in [0.15, 0.2) is 22.7 Å². The van der Waals surface area contributed by atoms with Crippen LogP contribution in [0, 0.1) is 5.92 Å². The van der Waals surface area contributed by atoms with Crippen LogP contribution in [0.25, 0.3) is 0 Å². The van der Waals surface area contributed by atoms with Gasteiger partial charge >= 0.3 is 0 Å². The van der Waals surface area contributed by atoms with Crippen LogP contribution < -0.4 is 10.6 Å². The molecule has 4 heteroatoms. The fourth-order valence-electron chi connectivity index (χ4n) is 2.99. The topological polar surface area (TPSA) is 38.5 Å². The average molecular weight is 355 g/mol. The van der Waals surface area contributed by atoms with Crippen LogP contribution >= 0.6 is 15.9 Å². The van der Waals surface area contributed by atoms with Gasteiger partial charge in [0.25, 0.3) is 0 Å². The van der Waals surface area contributed by atoms with Crippen molar-refractivity contribution in [2.24, 2.45) is 11.7 Å². The molecule has 0 aliphatic carbocycles. The third-order valence-electron chi connectivity index (χ3n) is 4.59. The summed E-state index contributed by atoms with van der Waals surface area (Å²) in [5, 5.41) is 0. The van der Waals surface area contributed by atoms with Crippen molar-refractivity contribution in [1.29, 1.82) is 0 Å². The molecule has 118 valence electrons. The summed E-state index contributed by atoms with van der Waals surface area (Å²) in [6.07, 6.45) is 3.42. The second-order valence-corrected chi connectivity index (χ2v) is 7.05. The largest absolute Gasteiger partial charge is 0.379 e. The van der Waals surface area contributed by atoms with Gasteiger partial charge in [0.1, 0.15) is 0 Å². The predicted octanol–water partition coefficient (Wildman–Crippen LogP) is 3.59. The quantitative estimate of drug-likeness (QED) is 0.877. The molecule has 1 aliphatic heterocycles. The summed E-state index contributed by atoms with van der Waals surface area (Å²) in [5.41, 5.74) is 8.81. The molecule has 1 aromatic rings. The van der Waals surface area contributed by atoms with Crippen molar-refractivity contribution >= 4 is 21.6 Å². The fraction of sp³-hybridized carbons (Fsp3) is 0.647. The number of hydrogen-bond acceptors (Lipinski definition) is 3. The number of anilines is 1. The lowest BCUT2D eigenvalue weighted by molar-refractivity contribution is 0.0498. The maximum atomic E-state index is 6.16. The number of halogens is 1. The van der Waals surface area contributed by atoms with Gasteiger partial charge in [-0.1, -0.05) is 35.8 Å². The van der Waals surface area contributed by atoms with E-state index < -0.39 is 0 Å². The van der Waals surface area contributed by atoms with Crippen molar-refractivity contribution in [2.75, 3.05) is 25.1 Å². The minimum Gasteiger partial charge on any atom is -0.379 e. The van der Waals surface area contributed by atoms with Crippen LogP contribution in [0.3, 0.4) is 0 Å². The van der Waals surface area contributed by atoms with E-state index in [9.17, 15) is 0 Å². The van der Waals surface area contributed by atoms with E-state index in [1.54, 1.807) is 0 Å². The molecule has 0 bridgehead atoms. The van der Waals surface area contributed by atoms with E-state index in [0.29, 0.717) is 12.0 Å². The SMILES string of the molecule is CCC(N)Cc1ccc(Br)cc1N1CCC(C)C(OC)C1. The molecule has 2 N–H and O–H groups in total. The summed E-state index contributed by atoms with van der Waals surface area (Å²) in [5.74, 6) is 0.625. The molecule has 1 heterocycles. The summed E-state index contributed by atoms with van der Waals surface area (Å²) in [7, 11) is 1.82. The number of rotatable bonds is 5. The van der Waals surface area contributed by atoms with Gasteiger partial charge < -0.3 is 15.4 Å². The van der Waals surface area contributed by atoms with E-state index in [1.807, 2.05) is 7.11 Å². The molecule has 1 aliphatic rings. The highest BCUT2D eigenvalue weighted by Crippen LogP contribution is 2.30. The Bertz CT molecular complexity index is 466. The fourth-order valence-corrected chi connectivity index (χ4v) is 3.34. The van der Waals surface area contributed by atoms with E-state index in [2.05, 4.69) is 52.9 Å². The molecule has 21 heavy (non-hydrogen) atoms. The maximum absolute atomic E-state index is 6.16. The normalized spacial score (nSPS) is 24.1. The third kappa shape index (κ3) is 4.21. The zero-order valence-electron chi connectivity index (χ0n) is 13.3. The molecule has 0 spiro atoms. The van der Waals surface area contributed by atoms with E-state index in [0.717, 1.165) is 30.4 Å². The van der Waals surface area contributed by atoms with Crippen LogP contribution in [0.2, 0.25) is 0 Å². The highest BCUT2D eigenvalue weighted by atomic mass is 79.9. The van der Waals surface area contributed by atoms with E-state index >= 15 is 0 Å². The Morgan fingerprint density at radius 2 is 2.24 bits per heavy atom. The Balaban J connectivity index is 2.23. The van der Waals surface area contributed by atoms with Gasteiger partial charge in [-0.2, -0.15) is 0 Å². The summed E-state index contributed by atoms with van der Waals surface area (Å²) in [6, 6.07) is 6.77. The van der Waals surface area contributed by atoms with Gasteiger partial charge in [-0.3, -0.25) is 0 Å². The lowest BCUT2D eigenvalue weighted by Crippen LogP contribution is -2.44. The van der Waals surface area contributed by atoms with Gasteiger partial charge in [0, 0.05) is 36.4 Å². The standard InChI is InChI=1S/C17H27BrN2O/c1-4-15(19)9-13-5-6-14(18)10-16(13)20-8-7-12(2)17(11-20)21-3/h5-6,10,12,15,17H,4,7-9,11,19H2,1-3H3. The maximum Gasteiger partial charge on any atom is 0.0772 e. The van der Waals surface area contributed by atoms with Gasteiger partial charge in [-0.25, -0.2) is 0 Å². The van der Waals surface area contributed by atoms with Crippen LogP contribution in [0.5, 0.6) is 0 Å². The Morgan fingerprint density at radius 1 is 1.48 bits per heavy atom. The molecule has 1 aromatic carbocycles. The summed E-state index contributed by atoms with van der Waals surface area (Å²) in [4.78, 5) is 2.46. The molecule has 0 saturated carbocycles. The van der Waals surface area contributed by atoms with Gasteiger partial charge in [0.2, 0.25) is 0 Å². The van der Waals surface area contributed by atoms with Crippen molar-refractivity contribution < 1.29 is 4.74 Å². The molecule has 2 rings (SSSR count). The summed E-state index contributed by atoms with van der Waals surface area (Å²) in [6.45, 7) is 6.47. The van der Waals surface area contributed by atoms with Crippen molar-refractivity contribution in [1.82, 2.24) is 0 Å². The zero-order chi connectivity index (χ0) is 15.4. The smallest absolute Gasteiger partial charge is 0.0772 e. The lowest BCUT2D eigenvalue weighted by atomic mass is 9.94. The number of methoxy groups -OCH3 is 1. The first kappa shape index (κ1) is 16.8. The molecule has 0 aromatic heterocycles. The highest BCUT2D eigenvalue weighted by molar-refractivity contribution is 9.10. The minimum atomic E-state index is 0.229. The Labute approximate surface area is 137 Å². The van der Waals surface area contributed by atoms with Crippen molar-refractivity contribution in [3.8, 4) is 0 Å². The van der Waals surface area contributed by atoms with Gasteiger partial charge in [0.05, 0.1) is 6.10 Å². The number of benzene rings is 1. The lowest BCUT2D eigenvalue weighted by Gasteiger charge is -2.38. The first-order chi connectivity index (χ1) is 10.0. The van der Waals surface area contributed by atoms with Crippen LogP contribution in [0.1, 0.15) is 32.3 Å². The molecule has 1 fully saturated rings. The second kappa shape index (κ2) is 7.61. The van der Waals surface area contributed by atoms with E-state index in [1.165, 1.54) is 17.7 Å². The minimum absolute atomic E-state index is 0.229. The number of ether oxygens (including phenoxy) is 1. The van der Waals surface area contributed by atoms with E-state index in [4.69, 9.17) is 10.5 Å². The van der Waals surface area contributed by atoms with Gasteiger partial charge in [-0.05, 0) is 42.9 Å². The summed E-state index contributed by atoms with van der Waals surface area (Å²) < 4.78 is 6.77. The average Bonchev–Trinajstić information content (AvgIpc) is 2.49. The zero-order valence-corrected chi connectivity index (χ0v) is 14.9. The highest BCUT2D eigenvalue weighted by Gasteiger charge is 2.27. The first-order valence-electron chi connectivity index (χ1n) is 7.86. The Morgan fingerprint density at radius 3 is 2.90 bits per heavy atom. The molecule has 3 nitrogen and oxygen atoms in total. The van der Waals surface area contributed by atoms with Crippen molar-refractivity contribution in [3.63, 3.8) is 0 Å². The summed E-state index contributed by atoms with van der Waals surface area (Å²) >= 11 is 3.60. The number of hydrogen-bond donors (Lipinski definition) is 1. The van der Waals surface area contributed by atoms with Crippen LogP contribution in [-0.2, 0) is 11.2 Å². The number of nitrogens with zero attached hydrogens (tertiary/aromatic N) is 1. The third-order valence-corrected chi connectivity index (χ3v) is 5.08. The van der Waals surface area contributed by atoms with Crippen molar-refractivity contribution in [3.05, 3.63) is 28.2 Å². The molecule has 0 radical (unpaired) electrons. The molecule has 1 saturated heterocycles. The molecular weight excluding hydrogens is 328 g/mol. The van der Waals surface area contributed by atoms with Crippen LogP contribution in [0.4, 0.5) is 5.69 Å². The predicted molar refractivity (Wildman–Crippen MR) is 92.9 cm³/mol. The number of piperidine rings is 1. The molecule has 0 amide bonds. The molecule has 3 unspecified atom stereocenters. The first-order valence-corrected chi connectivity index (χ1v) is 8.66. The Kier molecular flexibility index (Phi) is 6.08. The second-order valence-electron chi connectivity index (χ2n) is 6.13. The Hall–Kier alpha value is -0.580. The molecule has 3 atom stereocenters. The van der Waals surface area contributed by atoms with Gasteiger partial charge in [-0.15, -0.1) is 0 Å². The van der Waals surface area contributed by atoms with Crippen molar-refractivity contribution in [2.45, 2.75) is 45.3 Å². The molecular formula is C17H27BrN2O. The monoisotopic (exact) mass is 354 g/mol. The van der Waals surface area contributed by atoms with Crippen LogP contribution in [-0.4, -0.2) is 32.3 Å². The van der Waals surface area contributed by atoms with E-state index in [-0.39, 0.29) is 6.04 Å².